The standard InChI is InChI=1S/C17H20FN3/c1-13-3-2-4-15(11-13)20-7-9-21(10-8-20)17-12-14(18)5-6-16(17)19/h2-6,11-12H,7-10,19H2,1H3. The molecule has 21 heavy (non-hydrogen) atoms. The summed E-state index contributed by atoms with van der Waals surface area (Å²) in [7, 11) is 0. The fourth-order valence-electron chi connectivity index (χ4n) is 2.82. The second-order valence-corrected chi connectivity index (χ2v) is 5.52. The van der Waals surface area contributed by atoms with E-state index >= 15 is 0 Å². The van der Waals surface area contributed by atoms with Crippen molar-refractivity contribution in [3.05, 3.63) is 53.8 Å². The number of piperazine rings is 1. The number of hydrogen-bond acceptors (Lipinski definition) is 3. The predicted octanol–water partition coefficient (Wildman–Crippen LogP) is 3.04. The van der Waals surface area contributed by atoms with E-state index in [2.05, 4.69) is 41.0 Å². The summed E-state index contributed by atoms with van der Waals surface area (Å²) in [5.41, 5.74) is 9.93. The summed E-state index contributed by atoms with van der Waals surface area (Å²) in [5.74, 6) is -0.236. The first-order valence-corrected chi connectivity index (χ1v) is 7.25. The maximum atomic E-state index is 13.4. The van der Waals surface area contributed by atoms with Gasteiger partial charge in [0.1, 0.15) is 5.82 Å². The molecule has 0 spiro atoms. The van der Waals surface area contributed by atoms with Crippen LogP contribution in [0.1, 0.15) is 5.56 Å². The molecule has 4 heteroatoms. The Morgan fingerprint density at radius 1 is 0.952 bits per heavy atom. The van der Waals surface area contributed by atoms with Crippen molar-refractivity contribution in [3.8, 4) is 0 Å². The molecule has 2 aromatic carbocycles. The van der Waals surface area contributed by atoms with Crippen LogP contribution in [0, 0.1) is 12.7 Å². The lowest BCUT2D eigenvalue weighted by atomic mass is 10.1. The molecule has 0 radical (unpaired) electrons. The SMILES string of the molecule is Cc1cccc(N2CCN(c3cc(F)ccc3N)CC2)c1. The fraction of sp³-hybridized carbons (Fsp3) is 0.294. The van der Waals surface area contributed by atoms with Gasteiger partial charge in [-0.1, -0.05) is 12.1 Å². The van der Waals surface area contributed by atoms with Crippen molar-refractivity contribution in [2.45, 2.75) is 6.92 Å². The van der Waals surface area contributed by atoms with Crippen LogP contribution in [0.5, 0.6) is 0 Å². The molecule has 0 saturated carbocycles. The van der Waals surface area contributed by atoms with Crippen LogP contribution in [0.25, 0.3) is 0 Å². The molecule has 2 aromatic rings. The molecule has 0 aliphatic carbocycles. The molecule has 0 bridgehead atoms. The van der Waals surface area contributed by atoms with Crippen LogP contribution in [0.4, 0.5) is 21.5 Å². The average Bonchev–Trinajstić information content (AvgIpc) is 2.50. The second-order valence-electron chi connectivity index (χ2n) is 5.52. The third kappa shape index (κ3) is 2.94. The van der Waals surface area contributed by atoms with E-state index in [1.165, 1.54) is 23.4 Å². The molecule has 0 aromatic heterocycles. The van der Waals surface area contributed by atoms with Gasteiger partial charge in [-0.05, 0) is 42.8 Å². The van der Waals surface area contributed by atoms with Crippen LogP contribution >= 0.6 is 0 Å². The van der Waals surface area contributed by atoms with Gasteiger partial charge in [-0.2, -0.15) is 0 Å². The van der Waals surface area contributed by atoms with Crippen molar-refractivity contribution in [2.75, 3.05) is 41.7 Å². The normalized spacial score (nSPS) is 15.3. The molecule has 1 aliphatic rings. The van der Waals surface area contributed by atoms with E-state index in [-0.39, 0.29) is 5.82 Å². The molecule has 0 unspecified atom stereocenters. The first-order chi connectivity index (χ1) is 10.1. The molecule has 3 rings (SSSR count). The van der Waals surface area contributed by atoms with Crippen LogP contribution in [0.2, 0.25) is 0 Å². The molecule has 3 nitrogen and oxygen atoms in total. The van der Waals surface area contributed by atoms with Gasteiger partial charge >= 0.3 is 0 Å². The predicted molar refractivity (Wildman–Crippen MR) is 86.4 cm³/mol. The molecule has 1 aliphatic heterocycles. The quantitative estimate of drug-likeness (QED) is 0.861. The maximum Gasteiger partial charge on any atom is 0.125 e. The highest BCUT2D eigenvalue weighted by atomic mass is 19.1. The van der Waals surface area contributed by atoms with Gasteiger partial charge in [0.05, 0.1) is 11.4 Å². The summed E-state index contributed by atoms with van der Waals surface area (Å²) in [4.78, 5) is 4.52. The second kappa shape index (κ2) is 5.64. The summed E-state index contributed by atoms with van der Waals surface area (Å²) in [6.45, 7) is 5.63. The van der Waals surface area contributed by atoms with E-state index in [1.807, 2.05) is 0 Å². The van der Waals surface area contributed by atoms with Crippen molar-refractivity contribution in [1.29, 1.82) is 0 Å². The highest BCUT2D eigenvalue weighted by Crippen LogP contribution is 2.26. The highest BCUT2D eigenvalue weighted by Gasteiger charge is 2.19. The van der Waals surface area contributed by atoms with E-state index < -0.39 is 0 Å². The molecule has 1 saturated heterocycles. The Morgan fingerprint density at radius 2 is 1.67 bits per heavy atom. The first kappa shape index (κ1) is 13.7. The monoisotopic (exact) mass is 285 g/mol. The highest BCUT2D eigenvalue weighted by molar-refractivity contribution is 5.68. The molecule has 0 atom stereocenters. The average molecular weight is 285 g/mol. The molecule has 1 heterocycles. The Hall–Kier alpha value is -2.23. The van der Waals surface area contributed by atoms with Gasteiger partial charge < -0.3 is 15.5 Å². The summed E-state index contributed by atoms with van der Waals surface area (Å²) in [5, 5.41) is 0. The third-order valence-corrected chi connectivity index (χ3v) is 3.98. The number of nitrogen functional groups attached to an aromatic ring is 1. The summed E-state index contributed by atoms with van der Waals surface area (Å²) < 4.78 is 13.4. The number of nitrogens with zero attached hydrogens (tertiary/aromatic N) is 2. The van der Waals surface area contributed by atoms with E-state index in [4.69, 9.17) is 5.73 Å². The Balaban J connectivity index is 1.72. The molecule has 2 N–H and O–H groups in total. The van der Waals surface area contributed by atoms with Crippen molar-refractivity contribution < 1.29 is 4.39 Å². The number of hydrogen-bond donors (Lipinski definition) is 1. The molecular weight excluding hydrogens is 265 g/mol. The van der Waals surface area contributed by atoms with Crippen LogP contribution in [0.3, 0.4) is 0 Å². The zero-order valence-electron chi connectivity index (χ0n) is 12.2. The van der Waals surface area contributed by atoms with Crippen LogP contribution in [-0.4, -0.2) is 26.2 Å². The lowest BCUT2D eigenvalue weighted by molar-refractivity contribution is 0.621. The minimum absolute atomic E-state index is 0.236. The minimum atomic E-state index is -0.236. The van der Waals surface area contributed by atoms with Crippen molar-refractivity contribution in [2.24, 2.45) is 0 Å². The lowest BCUT2D eigenvalue weighted by Gasteiger charge is -2.38. The molecule has 0 amide bonds. The van der Waals surface area contributed by atoms with Crippen LogP contribution in [-0.2, 0) is 0 Å². The molecular formula is C17H20FN3. The Bertz CT molecular complexity index is 634. The Labute approximate surface area is 124 Å². The van der Waals surface area contributed by atoms with Crippen molar-refractivity contribution >= 4 is 17.1 Å². The number of nitrogens with two attached hydrogens (primary N) is 1. The first-order valence-electron chi connectivity index (χ1n) is 7.25. The summed E-state index contributed by atoms with van der Waals surface area (Å²) in [6.07, 6.45) is 0. The number of halogens is 1. The van der Waals surface area contributed by atoms with E-state index in [0.717, 1.165) is 31.9 Å². The van der Waals surface area contributed by atoms with Gasteiger partial charge in [0.25, 0.3) is 0 Å². The van der Waals surface area contributed by atoms with Crippen molar-refractivity contribution in [1.82, 2.24) is 0 Å². The summed E-state index contributed by atoms with van der Waals surface area (Å²) >= 11 is 0. The maximum absolute atomic E-state index is 13.4. The number of rotatable bonds is 2. The van der Waals surface area contributed by atoms with Crippen LogP contribution < -0.4 is 15.5 Å². The Morgan fingerprint density at radius 3 is 2.38 bits per heavy atom. The Kier molecular flexibility index (Phi) is 3.69. The van der Waals surface area contributed by atoms with Crippen molar-refractivity contribution in [3.63, 3.8) is 0 Å². The van der Waals surface area contributed by atoms with Crippen LogP contribution in [0.15, 0.2) is 42.5 Å². The van der Waals surface area contributed by atoms with Gasteiger partial charge in [0.15, 0.2) is 0 Å². The zero-order chi connectivity index (χ0) is 14.8. The fourth-order valence-corrected chi connectivity index (χ4v) is 2.82. The van der Waals surface area contributed by atoms with Gasteiger partial charge in [-0.25, -0.2) is 4.39 Å². The third-order valence-electron chi connectivity index (χ3n) is 3.98. The van der Waals surface area contributed by atoms with Gasteiger partial charge in [0, 0.05) is 31.9 Å². The summed E-state index contributed by atoms with van der Waals surface area (Å²) in [6, 6.07) is 13.1. The number of anilines is 3. The van der Waals surface area contributed by atoms with E-state index in [0.29, 0.717) is 5.69 Å². The van der Waals surface area contributed by atoms with E-state index in [9.17, 15) is 4.39 Å². The minimum Gasteiger partial charge on any atom is -0.397 e. The topological polar surface area (TPSA) is 32.5 Å². The van der Waals surface area contributed by atoms with Gasteiger partial charge in [-0.15, -0.1) is 0 Å². The van der Waals surface area contributed by atoms with Gasteiger partial charge in [0.2, 0.25) is 0 Å². The van der Waals surface area contributed by atoms with Gasteiger partial charge in [-0.3, -0.25) is 0 Å². The number of aryl methyl sites for hydroxylation is 1. The smallest absolute Gasteiger partial charge is 0.125 e. The molecule has 110 valence electrons. The largest absolute Gasteiger partial charge is 0.397 e. The zero-order valence-corrected chi connectivity index (χ0v) is 12.2. The number of benzene rings is 2. The van der Waals surface area contributed by atoms with E-state index in [1.54, 1.807) is 6.07 Å². The molecule has 1 fully saturated rings. The lowest BCUT2D eigenvalue weighted by Crippen LogP contribution is -2.46.